The van der Waals surface area contributed by atoms with Gasteiger partial charge in [0, 0.05) is 5.56 Å². The van der Waals surface area contributed by atoms with Gasteiger partial charge in [-0.25, -0.2) is 0 Å². The van der Waals surface area contributed by atoms with Gasteiger partial charge in [-0.3, -0.25) is 0 Å². The normalized spacial score (nSPS) is 16.1. The van der Waals surface area contributed by atoms with Gasteiger partial charge >= 0.3 is 0 Å². The van der Waals surface area contributed by atoms with Gasteiger partial charge < -0.3 is 14.9 Å². The molecule has 0 saturated heterocycles. The van der Waals surface area contributed by atoms with Gasteiger partial charge in [0.25, 0.3) is 0 Å². The highest BCUT2D eigenvalue weighted by Gasteiger charge is 2.15. The third-order valence-corrected chi connectivity index (χ3v) is 3.19. The lowest BCUT2D eigenvalue weighted by Gasteiger charge is -2.19. The molecular weight excluding hydrogens is 214 g/mol. The summed E-state index contributed by atoms with van der Waals surface area (Å²) in [5, 5.41) is 0. The summed E-state index contributed by atoms with van der Waals surface area (Å²) in [5.41, 5.74) is 9.56. The number of hydrogen-bond acceptors (Lipinski definition) is 3. The smallest absolute Gasteiger partial charge is 0.122 e. The van der Waals surface area contributed by atoms with Crippen LogP contribution in [0.2, 0.25) is 0 Å². The molecule has 0 saturated carbocycles. The summed E-state index contributed by atoms with van der Waals surface area (Å²) >= 11 is 0. The van der Waals surface area contributed by atoms with Gasteiger partial charge in [-0.1, -0.05) is 12.1 Å². The summed E-state index contributed by atoms with van der Waals surface area (Å²) < 4.78 is 10.7. The van der Waals surface area contributed by atoms with Crippen molar-refractivity contribution in [2.24, 2.45) is 5.73 Å². The van der Waals surface area contributed by atoms with Crippen LogP contribution < -0.4 is 10.5 Å². The van der Waals surface area contributed by atoms with Crippen LogP contribution in [0, 0.1) is 0 Å². The molecule has 2 aromatic rings. The maximum Gasteiger partial charge on any atom is 0.122 e. The van der Waals surface area contributed by atoms with Crippen LogP contribution >= 0.6 is 0 Å². The summed E-state index contributed by atoms with van der Waals surface area (Å²) in [4.78, 5) is 0. The zero-order valence-corrected chi connectivity index (χ0v) is 9.56. The second-order valence-electron chi connectivity index (χ2n) is 4.35. The molecule has 0 amide bonds. The Kier molecular flexibility index (Phi) is 2.61. The molecular formula is C14H15NO2. The standard InChI is InChI=1S/C14H15NO2/c15-14(12-5-7-16-9-12)11-3-4-13-10(8-11)2-1-6-17-13/h3-5,7-9,14H,1-2,6,15H2. The molecule has 0 fully saturated rings. The van der Waals surface area contributed by atoms with E-state index in [4.69, 9.17) is 14.9 Å². The van der Waals surface area contributed by atoms with Crippen LogP contribution in [0.3, 0.4) is 0 Å². The first-order chi connectivity index (χ1) is 8.34. The molecule has 1 aromatic carbocycles. The largest absolute Gasteiger partial charge is 0.493 e. The van der Waals surface area contributed by atoms with Crippen molar-refractivity contribution in [1.82, 2.24) is 0 Å². The van der Waals surface area contributed by atoms with Gasteiger partial charge in [0.05, 0.1) is 25.2 Å². The van der Waals surface area contributed by atoms with Crippen molar-refractivity contribution in [2.45, 2.75) is 18.9 Å². The zero-order valence-electron chi connectivity index (χ0n) is 9.56. The van der Waals surface area contributed by atoms with Gasteiger partial charge in [-0.2, -0.15) is 0 Å². The van der Waals surface area contributed by atoms with Crippen molar-refractivity contribution in [3.8, 4) is 5.75 Å². The van der Waals surface area contributed by atoms with Crippen LogP contribution in [0.15, 0.2) is 41.2 Å². The van der Waals surface area contributed by atoms with Crippen molar-refractivity contribution >= 4 is 0 Å². The Labute approximate surface area is 100 Å². The van der Waals surface area contributed by atoms with Crippen molar-refractivity contribution < 1.29 is 9.15 Å². The summed E-state index contributed by atoms with van der Waals surface area (Å²) in [6.45, 7) is 0.820. The van der Waals surface area contributed by atoms with E-state index < -0.39 is 0 Å². The minimum absolute atomic E-state index is 0.124. The first-order valence-electron chi connectivity index (χ1n) is 5.88. The third-order valence-electron chi connectivity index (χ3n) is 3.19. The molecule has 3 heteroatoms. The third kappa shape index (κ3) is 1.94. The number of rotatable bonds is 2. The Balaban J connectivity index is 1.93. The quantitative estimate of drug-likeness (QED) is 0.861. The molecule has 2 N–H and O–H groups in total. The summed E-state index contributed by atoms with van der Waals surface area (Å²) in [5.74, 6) is 0.999. The molecule has 1 aliphatic rings. The number of furan rings is 1. The average Bonchev–Trinajstić information content (AvgIpc) is 2.91. The van der Waals surface area contributed by atoms with E-state index in [1.54, 1.807) is 12.5 Å². The maximum absolute atomic E-state index is 6.19. The average molecular weight is 229 g/mol. The van der Waals surface area contributed by atoms with E-state index in [1.165, 1.54) is 5.56 Å². The highest BCUT2D eigenvalue weighted by atomic mass is 16.5. The van der Waals surface area contributed by atoms with Gasteiger partial charge in [-0.15, -0.1) is 0 Å². The van der Waals surface area contributed by atoms with Gasteiger partial charge in [0.2, 0.25) is 0 Å². The molecule has 0 bridgehead atoms. The minimum Gasteiger partial charge on any atom is -0.493 e. The fourth-order valence-electron chi connectivity index (χ4n) is 2.22. The van der Waals surface area contributed by atoms with Gasteiger partial charge in [0.15, 0.2) is 0 Å². The van der Waals surface area contributed by atoms with E-state index in [-0.39, 0.29) is 6.04 Å². The SMILES string of the molecule is NC(c1ccoc1)c1ccc2c(c1)CCCO2. The van der Waals surface area contributed by atoms with E-state index in [2.05, 4.69) is 6.07 Å². The Hall–Kier alpha value is -1.74. The molecule has 1 atom stereocenters. The van der Waals surface area contributed by atoms with Gasteiger partial charge in [0.1, 0.15) is 5.75 Å². The Bertz CT molecular complexity index is 505. The highest BCUT2D eigenvalue weighted by molar-refractivity contribution is 5.41. The molecule has 1 unspecified atom stereocenters. The molecule has 0 radical (unpaired) electrons. The first-order valence-corrected chi connectivity index (χ1v) is 5.88. The lowest BCUT2D eigenvalue weighted by atomic mass is 9.97. The number of ether oxygens (including phenoxy) is 1. The summed E-state index contributed by atoms with van der Waals surface area (Å²) in [6.07, 6.45) is 5.50. The fraction of sp³-hybridized carbons (Fsp3) is 0.286. The van der Waals surface area contributed by atoms with Crippen LogP contribution in [0.1, 0.15) is 29.2 Å². The monoisotopic (exact) mass is 229 g/mol. The minimum atomic E-state index is -0.124. The Morgan fingerprint density at radius 2 is 2.12 bits per heavy atom. The molecule has 3 nitrogen and oxygen atoms in total. The number of hydrogen-bond donors (Lipinski definition) is 1. The number of fused-ring (bicyclic) bond motifs is 1. The fourth-order valence-corrected chi connectivity index (χ4v) is 2.22. The van der Waals surface area contributed by atoms with Gasteiger partial charge in [-0.05, 0) is 36.1 Å². The van der Waals surface area contributed by atoms with Crippen molar-refractivity contribution in [3.05, 3.63) is 53.5 Å². The summed E-state index contributed by atoms with van der Waals surface area (Å²) in [6, 6.07) is 7.97. The Morgan fingerprint density at radius 1 is 1.18 bits per heavy atom. The maximum atomic E-state index is 6.19. The summed E-state index contributed by atoms with van der Waals surface area (Å²) in [7, 11) is 0. The van der Waals surface area contributed by atoms with Crippen molar-refractivity contribution in [2.75, 3.05) is 6.61 Å². The van der Waals surface area contributed by atoms with E-state index in [9.17, 15) is 0 Å². The molecule has 17 heavy (non-hydrogen) atoms. The van der Waals surface area contributed by atoms with E-state index in [1.807, 2.05) is 18.2 Å². The second-order valence-corrected chi connectivity index (χ2v) is 4.35. The molecule has 0 spiro atoms. The number of nitrogens with two attached hydrogens (primary N) is 1. The topological polar surface area (TPSA) is 48.4 Å². The molecule has 1 aromatic heterocycles. The van der Waals surface area contributed by atoms with Crippen LogP contribution in [-0.4, -0.2) is 6.61 Å². The van der Waals surface area contributed by atoms with E-state index >= 15 is 0 Å². The zero-order chi connectivity index (χ0) is 11.7. The van der Waals surface area contributed by atoms with Crippen molar-refractivity contribution in [3.63, 3.8) is 0 Å². The molecule has 88 valence electrons. The van der Waals surface area contributed by atoms with Crippen molar-refractivity contribution in [1.29, 1.82) is 0 Å². The predicted octanol–water partition coefficient (Wildman–Crippen LogP) is 2.65. The molecule has 2 heterocycles. The van der Waals surface area contributed by atoms with E-state index in [0.29, 0.717) is 0 Å². The molecule has 0 aliphatic carbocycles. The molecule has 3 rings (SSSR count). The number of aryl methyl sites for hydroxylation is 1. The van der Waals surface area contributed by atoms with Crippen LogP contribution in [0.5, 0.6) is 5.75 Å². The number of benzene rings is 1. The lowest BCUT2D eigenvalue weighted by Crippen LogP contribution is -2.13. The first kappa shape index (κ1) is 10.4. The van der Waals surface area contributed by atoms with E-state index in [0.717, 1.165) is 36.3 Å². The lowest BCUT2D eigenvalue weighted by molar-refractivity contribution is 0.288. The Morgan fingerprint density at radius 3 is 2.94 bits per heavy atom. The molecule has 1 aliphatic heterocycles. The van der Waals surface area contributed by atoms with Crippen LogP contribution in [0.4, 0.5) is 0 Å². The van der Waals surface area contributed by atoms with Crippen LogP contribution in [-0.2, 0) is 6.42 Å². The predicted molar refractivity (Wildman–Crippen MR) is 65.0 cm³/mol. The second kappa shape index (κ2) is 4.26. The van der Waals surface area contributed by atoms with Crippen LogP contribution in [0.25, 0.3) is 0 Å². The highest BCUT2D eigenvalue weighted by Crippen LogP contribution is 2.29.